The molecule has 2 aromatic rings. The fourth-order valence-electron chi connectivity index (χ4n) is 6.27. The molecule has 4 radical (unpaired) electrons. The van der Waals surface area contributed by atoms with Crippen LogP contribution in [0.2, 0.25) is 0 Å². The molecular formula is C37H47B2N9O4. The van der Waals surface area contributed by atoms with Crippen molar-refractivity contribution in [2.24, 2.45) is 28.3 Å². The number of amidine groups is 1. The van der Waals surface area contributed by atoms with Crippen molar-refractivity contribution < 1.29 is 19.1 Å². The molecule has 1 aliphatic heterocycles. The predicted molar refractivity (Wildman–Crippen MR) is 204 cm³/mol. The number of aromatic nitrogens is 1. The standard InChI is InChI=1S/C37H47B2N9O4/c1-5-7-22-14-15-43-26(16-22)20-48(37(38,39)25-8-6-9-25)36(51)33-44-18-24(19-45-33)30-21(2)10-13-27(32(30)52-4)46-28(31(41)35(50)42-3)17-29(40)47-34(49)23-11-12-23/h10,13-18,23,25,46H,5-9,11-12,19-20,40-41H2,1-4H3,(H,42,50)(H,44,45)(H,47,49)/b29-17+,31-28+. The van der Waals surface area contributed by atoms with Crippen LogP contribution in [0.15, 0.2) is 64.9 Å². The number of amides is 3. The zero-order chi connectivity index (χ0) is 37.6. The van der Waals surface area contributed by atoms with Crippen LogP contribution in [-0.2, 0) is 27.3 Å². The summed E-state index contributed by atoms with van der Waals surface area (Å²) in [5.74, 6) is -0.721. The summed E-state index contributed by atoms with van der Waals surface area (Å²) in [6, 6.07) is 7.61. The van der Waals surface area contributed by atoms with Gasteiger partial charge in [-0.15, -0.1) is 0 Å². The van der Waals surface area contributed by atoms with Gasteiger partial charge in [-0.3, -0.25) is 24.4 Å². The molecule has 15 heteroatoms. The van der Waals surface area contributed by atoms with E-state index < -0.39 is 17.2 Å². The number of nitrogens with two attached hydrogens (primary N) is 2. The Kier molecular flexibility index (Phi) is 12.0. The van der Waals surface area contributed by atoms with Gasteiger partial charge < -0.3 is 42.4 Å². The molecule has 13 nitrogen and oxygen atoms in total. The van der Waals surface area contributed by atoms with Crippen molar-refractivity contribution in [2.75, 3.05) is 26.0 Å². The highest BCUT2D eigenvalue weighted by molar-refractivity contribution is 6.45. The summed E-state index contributed by atoms with van der Waals surface area (Å²) in [7, 11) is 16.4. The van der Waals surface area contributed by atoms with Gasteiger partial charge in [0, 0.05) is 42.6 Å². The predicted octanol–water partition coefficient (Wildman–Crippen LogP) is 2.17. The molecule has 5 rings (SSSR count). The zero-order valence-corrected chi connectivity index (χ0v) is 30.3. The van der Waals surface area contributed by atoms with Gasteiger partial charge in [-0.2, -0.15) is 0 Å². The lowest BCUT2D eigenvalue weighted by molar-refractivity contribution is -0.128. The average molecular weight is 703 g/mol. The lowest BCUT2D eigenvalue weighted by Gasteiger charge is -2.49. The number of aryl methyl sites for hydroxylation is 2. The van der Waals surface area contributed by atoms with E-state index >= 15 is 0 Å². The molecule has 0 saturated heterocycles. The Bertz CT molecular complexity index is 1830. The second kappa shape index (κ2) is 16.4. The first-order valence-electron chi connectivity index (χ1n) is 17.7. The summed E-state index contributed by atoms with van der Waals surface area (Å²) in [5.41, 5.74) is 17.0. The first kappa shape index (κ1) is 38.0. The number of pyridine rings is 1. The van der Waals surface area contributed by atoms with Crippen LogP contribution in [0.1, 0.15) is 67.8 Å². The van der Waals surface area contributed by atoms with Crippen LogP contribution in [0.25, 0.3) is 5.57 Å². The number of aliphatic imine (C=N–C) groups is 1. The first-order chi connectivity index (χ1) is 24.9. The summed E-state index contributed by atoms with van der Waals surface area (Å²) < 4.78 is 5.90. The number of rotatable bonds is 15. The van der Waals surface area contributed by atoms with Gasteiger partial charge in [0.05, 0.1) is 53.0 Å². The molecule has 2 saturated carbocycles. The van der Waals surface area contributed by atoms with Crippen LogP contribution in [0.4, 0.5) is 5.69 Å². The number of carbonyl (C=O) groups is 3. The second-order valence-corrected chi connectivity index (χ2v) is 13.5. The Morgan fingerprint density at radius 1 is 1.15 bits per heavy atom. The molecule has 1 aromatic carbocycles. The number of nitrogens with zero attached hydrogens (tertiary/aromatic N) is 3. The van der Waals surface area contributed by atoms with E-state index in [9.17, 15) is 14.4 Å². The molecular weight excluding hydrogens is 656 g/mol. The minimum absolute atomic E-state index is 0.0260. The van der Waals surface area contributed by atoms with Crippen LogP contribution in [-0.4, -0.2) is 75.2 Å². The molecule has 0 spiro atoms. The van der Waals surface area contributed by atoms with E-state index in [1.54, 1.807) is 18.5 Å². The highest BCUT2D eigenvalue weighted by Gasteiger charge is 2.41. The molecule has 270 valence electrons. The maximum absolute atomic E-state index is 14.1. The van der Waals surface area contributed by atoms with Crippen molar-refractivity contribution in [1.82, 2.24) is 25.8 Å². The van der Waals surface area contributed by atoms with Crippen LogP contribution in [0, 0.1) is 18.8 Å². The third-order valence-electron chi connectivity index (χ3n) is 9.64. The van der Waals surface area contributed by atoms with E-state index in [4.69, 9.17) is 31.9 Å². The number of methoxy groups -OCH3 is 1. The monoisotopic (exact) mass is 703 g/mol. The summed E-state index contributed by atoms with van der Waals surface area (Å²) in [5, 5.41) is 10.0. The minimum Gasteiger partial charge on any atom is -0.494 e. The summed E-state index contributed by atoms with van der Waals surface area (Å²) in [6.07, 6.45) is 11.0. The smallest absolute Gasteiger partial charge is 0.288 e. The Balaban J connectivity index is 1.41. The van der Waals surface area contributed by atoms with E-state index in [0.29, 0.717) is 22.7 Å². The fourth-order valence-corrected chi connectivity index (χ4v) is 6.27. The molecule has 3 aliphatic rings. The molecule has 1 aromatic heterocycles. The van der Waals surface area contributed by atoms with Crippen molar-refractivity contribution in [3.63, 3.8) is 0 Å². The molecule has 3 amide bonds. The highest BCUT2D eigenvalue weighted by atomic mass is 16.5. The number of hydrogen-bond donors (Lipinski definition) is 6. The van der Waals surface area contributed by atoms with Gasteiger partial charge in [-0.25, -0.2) is 0 Å². The number of nitrogens with one attached hydrogen (secondary N) is 4. The third-order valence-corrected chi connectivity index (χ3v) is 9.64. The average Bonchev–Trinajstić information content (AvgIpc) is 3.95. The Hall–Kier alpha value is -5.20. The maximum atomic E-state index is 14.1. The Morgan fingerprint density at radius 2 is 1.90 bits per heavy atom. The van der Waals surface area contributed by atoms with Gasteiger partial charge in [0.25, 0.3) is 11.8 Å². The van der Waals surface area contributed by atoms with E-state index in [0.717, 1.165) is 61.6 Å². The van der Waals surface area contributed by atoms with Gasteiger partial charge in [0.2, 0.25) is 5.91 Å². The van der Waals surface area contributed by atoms with Crippen molar-refractivity contribution >= 4 is 50.5 Å². The maximum Gasteiger partial charge on any atom is 0.288 e. The normalized spacial score (nSPS) is 16.7. The Morgan fingerprint density at radius 3 is 2.50 bits per heavy atom. The van der Waals surface area contributed by atoms with Crippen LogP contribution < -0.4 is 37.5 Å². The van der Waals surface area contributed by atoms with Crippen molar-refractivity contribution in [3.05, 3.63) is 82.3 Å². The largest absolute Gasteiger partial charge is 0.494 e. The number of hydrogen-bond acceptors (Lipinski definition) is 10. The molecule has 2 aliphatic carbocycles. The molecule has 0 unspecified atom stereocenters. The van der Waals surface area contributed by atoms with E-state index in [1.165, 1.54) is 25.1 Å². The second-order valence-electron chi connectivity index (χ2n) is 13.5. The molecule has 0 atom stereocenters. The van der Waals surface area contributed by atoms with Gasteiger partial charge in [0.1, 0.15) is 17.3 Å². The van der Waals surface area contributed by atoms with Gasteiger partial charge in [-0.05, 0) is 79.6 Å². The van der Waals surface area contributed by atoms with Crippen LogP contribution in [0.3, 0.4) is 0 Å². The van der Waals surface area contributed by atoms with Gasteiger partial charge in [0.15, 0.2) is 5.84 Å². The quantitative estimate of drug-likeness (QED) is 0.0918. The van der Waals surface area contributed by atoms with Crippen molar-refractivity contribution in [2.45, 2.75) is 70.7 Å². The number of ether oxygens (including phenoxy) is 1. The zero-order valence-electron chi connectivity index (χ0n) is 30.3. The lowest BCUT2D eigenvalue weighted by Crippen LogP contribution is -2.61. The number of benzene rings is 1. The molecule has 0 bridgehead atoms. The number of carbonyl (C=O) groups excluding carboxylic acids is 3. The van der Waals surface area contributed by atoms with Crippen LogP contribution >= 0.6 is 0 Å². The summed E-state index contributed by atoms with van der Waals surface area (Å²) in [6.45, 7) is 4.31. The third kappa shape index (κ3) is 8.63. The number of anilines is 1. The fraction of sp³-hybridized carbons (Fsp3) is 0.432. The van der Waals surface area contributed by atoms with Gasteiger partial charge in [-0.1, -0.05) is 25.8 Å². The number of likely N-dealkylation sites (N-methyl/N-ethyl adjacent to an activating group) is 1. The SMILES string of the molecule is [B]C([B])(C1CCC1)N(Cc1cc(CCC)ccn1)C(=O)C1=NCC(c2c(C)ccc(NC(/C=C(\N)NC(=O)C3CC3)=C(/N)C(=O)NC)c2OC)=CN1. The van der Waals surface area contributed by atoms with Crippen molar-refractivity contribution in [1.29, 1.82) is 0 Å². The van der Waals surface area contributed by atoms with Crippen molar-refractivity contribution in [3.8, 4) is 5.75 Å². The highest BCUT2D eigenvalue weighted by Crippen LogP contribution is 2.39. The van der Waals surface area contributed by atoms with Crippen LogP contribution in [0.5, 0.6) is 5.75 Å². The number of allylic oxidation sites excluding steroid dienone is 1. The van der Waals surface area contributed by atoms with E-state index in [1.807, 2.05) is 25.1 Å². The summed E-state index contributed by atoms with van der Waals surface area (Å²) >= 11 is 0. The lowest BCUT2D eigenvalue weighted by atomic mass is 9.49. The molecule has 2 heterocycles. The molecule has 2 fully saturated rings. The van der Waals surface area contributed by atoms with E-state index in [-0.39, 0.29) is 53.9 Å². The van der Waals surface area contributed by atoms with Gasteiger partial charge >= 0.3 is 0 Å². The Labute approximate surface area is 308 Å². The topological polar surface area (TPSA) is 189 Å². The first-order valence-corrected chi connectivity index (χ1v) is 17.7. The molecule has 52 heavy (non-hydrogen) atoms. The minimum atomic E-state index is -1.40. The molecule has 8 N–H and O–H groups in total. The summed E-state index contributed by atoms with van der Waals surface area (Å²) in [4.78, 5) is 49.7. The van der Waals surface area contributed by atoms with E-state index in [2.05, 4.69) is 38.2 Å².